The maximum Gasteiger partial charge on any atom is 0.278 e. The second kappa shape index (κ2) is 5.45. The first-order chi connectivity index (χ1) is 9.44. The summed E-state index contributed by atoms with van der Waals surface area (Å²) in [4.78, 5) is 14.7. The number of nitrogens with zero attached hydrogens (tertiary/aromatic N) is 2. The SMILES string of the molecule is CCCC(C)(C)Nc1ccc([N+](=O)[O-])c2cnccc12. The smallest absolute Gasteiger partial charge is 0.278 e. The highest BCUT2D eigenvalue weighted by Crippen LogP contribution is 2.32. The molecule has 2 rings (SSSR count). The number of hydrogen-bond acceptors (Lipinski definition) is 4. The molecular formula is C15H19N3O2. The standard InChI is InChI=1S/C15H19N3O2/c1-4-8-15(2,3)17-13-5-6-14(18(19)20)12-10-16-9-7-11(12)13/h5-7,9-10,17H,4,8H2,1-3H3. The molecule has 5 nitrogen and oxygen atoms in total. The van der Waals surface area contributed by atoms with Crippen molar-refractivity contribution < 1.29 is 4.92 Å². The van der Waals surface area contributed by atoms with Crippen LogP contribution < -0.4 is 5.32 Å². The van der Waals surface area contributed by atoms with E-state index in [2.05, 4.69) is 31.1 Å². The molecule has 0 bridgehead atoms. The molecule has 2 aromatic rings. The number of benzene rings is 1. The molecular weight excluding hydrogens is 254 g/mol. The number of anilines is 1. The van der Waals surface area contributed by atoms with Gasteiger partial charge in [-0.2, -0.15) is 0 Å². The summed E-state index contributed by atoms with van der Waals surface area (Å²) in [6, 6.07) is 5.12. The number of aromatic nitrogens is 1. The van der Waals surface area contributed by atoms with Gasteiger partial charge in [0, 0.05) is 35.1 Å². The van der Waals surface area contributed by atoms with Crippen LogP contribution in [0.3, 0.4) is 0 Å². The number of rotatable bonds is 5. The molecule has 0 aliphatic rings. The Balaban J connectivity index is 2.51. The molecule has 0 aliphatic carbocycles. The molecule has 0 amide bonds. The Morgan fingerprint density at radius 1 is 1.30 bits per heavy atom. The van der Waals surface area contributed by atoms with Gasteiger partial charge in [-0.25, -0.2) is 0 Å². The lowest BCUT2D eigenvalue weighted by molar-refractivity contribution is -0.383. The summed E-state index contributed by atoms with van der Waals surface area (Å²) in [5.74, 6) is 0. The average molecular weight is 273 g/mol. The van der Waals surface area contributed by atoms with Crippen molar-refractivity contribution in [3.63, 3.8) is 0 Å². The lowest BCUT2D eigenvalue weighted by Crippen LogP contribution is -2.30. The fourth-order valence-corrected chi connectivity index (χ4v) is 2.50. The van der Waals surface area contributed by atoms with Gasteiger partial charge < -0.3 is 5.32 Å². The van der Waals surface area contributed by atoms with E-state index in [1.807, 2.05) is 6.07 Å². The number of nitro groups is 1. The van der Waals surface area contributed by atoms with Crippen molar-refractivity contribution in [2.24, 2.45) is 0 Å². The molecule has 1 N–H and O–H groups in total. The van der Waals surface area contributed by atoms with Crippen LogP contribution in [0.4, 0.5) is 11.4 Å². The molecule has 0 atom stereocenters. The third kappa shape index (κ3) is 2.87. The van der Waals surface area contributed by atoms with Crippen LogP contribution in [0.1, 0.15) is 33.6 Å². The van der Waals surface area contributed by atoms with Gasteiger partial charge in [-0.3, -0.25) is 15.1 Å². The van der Waals surface area contributed by atoms with Crippen LogP contribution >= 0.6 is 0 Å². The van der Waals surface area contributed by atoms with Crippen LogP contribution in [0, 0.1) is 10.1 Å². The molecule has 1 aromatic carbocycles. The van der Waals surface area contributed by atoms with Gasteiger partial charge in [-0.15, -0.1) is 0 Å². The van der Waals surface area contributed by atoms with E-state index in [0.29, 0.717) is 5.39 Å². The van der Waals surface area contributed by atoms with Crippen molar-refractivity contribution >= 4 is 22.1 Å². The molecule has 0 saturated carbocycles. The van der Waals surface area contributed by atoms with Gasteiger partial charge in [-0.05, 0) is 32.4 Å². The maximum atomic E-state index is 11.1. The Morgan fingerprint density at radius 2 is 2.05 bits per heavy atom. The lowest BCUT2D eigenvalue weighted by Gasteiger charge is -2.27. The maximum absolute atomic E-state index is 11.1. The average Bonchev–Trinajstić information content (AvgIpc) is 2.38. The van der Waals surface area contributed by atoms with Crippen LogP contribution in [-0.2, 0) is 0 Å². The summed E-state index contributed by atoms with van der Waals surface area (Å²) in [7, 11) is 0. The number of fused-ring (bicyclic) bond motifs is 1. The summed E-state index contributed by atoms with van der Waals surface area (Å²) >= 11 is 0. The van der Waals surface area contributed by atoms with E-state index < -0.39 is 0 Å². The van der Waals surface area contributed by atoms with Gasteiger partial charge in [-0.1, -0.05) is 13.3 Å². The van der Waals surface area contributed by atoms with Crippen LogP contribution in [0.15, 0.2) is 30.6 Å². The monoisotopic (exact) mass is 273 g/mol. The quantitative estimate of drug-likeness (QED) is 0.656. The zero-order valence-corrected chi connectivity index (χ0v) is 12.0. The second-order valence-electron chi connectivity index (χ2n) is 5.57. The van der Waals surface area contributed by atoms with Crippen molar-refractivity contribution in [3.8, 4) is 0 Å². The van der Waals surface area contributed by atoms with Gasteiger partial charge in [0.2, 0.25) is 0 Å². The molecule has 1 aromatic heterocycles. The fraction of sp³-hybridized carbons (Fsp3) is 0.400. The number of hydrogen-bond donors (Lipinski definition) is 1. The third-order valence-electron chi connectivity index (χ3n) is 3.34. The van der Waals surface area contributed by atoms with E-state index >= 15 is 0 Å². The lowest BCUT2D eigenvalue weighted by atomic mass is 9.97. The molecule has 0 saturated heterocycles. The number of pyridine rings is 1. The first-order valence-electron chi connectivity index (χ1n) is 6.74. The molecule has 1 heterocycles. The highest BCUT2D eigenvalue weighted by atomic mass is 16.6. The number of non-ortho nitro benzene ring substituents is 1. The predicted molar refractivity (Wildman–Crippen MR) is 81.0 cm³/mol. The molecule has 0 unspecified atom stereocenters. The molecule has 20 heavy (non-hydrogen) atoms. The summed E-state index contributed by atoms with van der Waals surface area (Å²) in [5.41, 5.74) is 0.944. The van der Waals surface area contributed by atoms with E-state index in [1.54, 1.807) is 18.5 Å². The first-order valence-corrected chi connectivity index (χ1v) is 6.74. The Morgan fingerprint density at radius 3 is 2.70 bits per heavy atom. The minimum Gasteiger partial charge on any atom is -0.380 e. The highest BCUT2D eigenvalue weighted by molar-refractivity contribution is 5.99. The van der Waals surface area contributed by atoms with E-state index in [4.69, 9.17) is 0 Å². The predicted octanol–water partition coefficient (Wildman–Crippen LogP) is 4.13. The molecule has 0 radical (unpaired) electrons. The zero-order valence-electron chi connectivity index (χ0n) is 12.0. The van der Waals surface area contributed by atoms with Crippen LogP contribution in [0.2, 0.25) is 0 Å². The first kappa shape index (κ1) is 14.2. The van der Waals surface area contributed by atoms with Crippen molar-refractivity contribution in [1.29, 1.82) is 0 Å². The Labute approximate surface area is 118 Å². The van der Waals surface area contributed by atoms with E-state index in [1.165, 1.54) is 6.07 Å². The van der Waals surface area contributed by atoms with Crippen molar-refractivity contribution in [2.75, 3.05) is 5.32 Å². The van der Waals surface area contributed by atoms with Crippen molar-refractivity contribution in [3.05, 3.63) is 40.7 Å². The molecule has 106 valence electrons. The third-order valence-corrected chi connectivity index (χ3v) is 3.34. The zero-order chi connectivity index (χ0) is 14.8. The topological polar surface area (TPSA) is 68.1 Å². The highest BCUT2D eigenvalue weighted by Gasteiger charge is 2.20. The van der Waals surface area contributed by atoms with Gasteiger partial charge in [0.05, 0.1) is 10.3 Å². The van der Waals surface area contributed by atoms with Gasteiger partial charge >= 0.3 is 0 Å². The fourth-order valence-electron chi connectivity index (χ4n) is 2.50. The largest absolute Gasteiger partial charge is 0.380 e. The second-order valence-corrected chi connectivity index (χ2v) is 5.57. The summed E-state index contributed by atoms with van der Waals surface area (Å²) in [6.45, 7) is 6.40. The Hall–Kier alpha value is -2.17. The Kier molecular flexibility index (Phi) is 3.88. The van der Waals surface area contributed by atoms with Crippen molar-refractivity contribution in [2.45, 2.75) is 39.2 Å². The van der Waals surface area contributed by atoms with Crippen LogP contribution in [0.25, 0.3) is 10.8 Å². The van der Waals surface area contributed by atoms with E-state index in [-0.39, 0.29) is 16.1 Å². The van der Waals surface area contributed by atoms with Gasteiger partial charge in [0.25, 0.3) is 5.69 Å². The minimum absolute atomic E-state index is 0.0545. The summed E-state index contributed by atoms with van der Waals surface area (Å²) in [6.07, 6.45) is 5.30. The number of nitrogens with one attached hydrogen (secondary N) is 1. The van der Waals surface area contributed by atoms with Crippen molar-refractivity contribution in [1.82, 2.24) is 4.98 Å². The Bertz CT molecular complexity index is 638. The van der Waals surface area contributed by atoms with E-state index in [0.717, 1.165) is 23.9 Å². The summed E-state index contributed by atoms with van der Waals surface area (Å²) in [5, 5.41) is 15.9. The molecule has 0 aliphatic heterocycles. The minimum atomic E-state index is -0.370. The van der Waals surface area contributed by atoms with E-state index in [9.17, 15) is 10.1 Å². The van der Waals surface area contributed by atoms with Gasteiger partial charge in [0.15, 0.2) is 0 Å². The molecule has 0 spiro atoms. The van der Waals surface area contributed by atoms with Gasteiger partial charge in [0.1, 0.15) is 0 Å². The number of nitro benzene ring substituents is 1. The van der Waals surface area contributed by atoms with Crippen LogP contribution in [-0.4, -0.2) is 15.4 Å². The molecule has 5 heteroatoms. The van der Waals surface area contributed by atoms with Crippen LogP contribution in [0.5, 0.6) is 0 Å². The molecule has 0 fully saturated rings. The summed E-state index contributed by atoms with van der Waals surface area (Å²) < 4.78 is 0. The normalized spacial score (nSPS) is 11.6.